The van der Waals surface area contributed by atoms with Crippen molar-refractivity contribution in [3.8, 4) is 5.75 Å². The van der Waals surface area contributed by atoms with Crippen LogP contribution in [0.5, 0.6) is 5.75 Å². The largest absolute Gasteiger partial charge is 0.495 e. The van der Waals surface area contributed by atoms with Crippen molar-refractivity contribution in [3.05, 3.63) is 52.5 Å². The molecule has 0 radical (unpaired) electrons. The third-order valence-electron chi connectivity index (χ3n) is 4.71. The first-order chi connectivity index (χ1) is 13.4. The van der Waals surface area contributed by atoms with Gasteiger partial charge in [-0.2, -0.15) is 0 Å². The van der Waals surface area contributed by atoms with Gasteiger partial charge in [-0.1, -0.05) is 40.9 Å². The second-order valence-corrected chi connectivity index (χ2v) is 9.22. The minimum absolute atomic E-state index is 0.00130. The van der Waals surface area contributed by atoms with Crippen LogP contribution in [0.2, 0.25) is 0 Å². The molecule has 0 saturated carbocycles. The van der Waals surface area contributed by atoms with Crippen LogP contribution < -0.4 is 9.46 Å². The normalized spacial score (nSPS) is 15.0. The fourth-order valence-corrected chi connectivity index (χ4v) is 5.05. The Hall–Kier alpha value is -2.06. The molecule has 150 valence electrons. The smallest absolute Gasteiger partial charge is 0.265 e. The highest BCUT2D eigenvalue weighted by Crippen LogP contribution is 2.30. The van der Waals surface area contributed by atoms with Gasteiger partial charge in [0.05, 0.1) is 18.4 Å². The van der Waals surface area contributed by atoms with Crippen LogP contribution >= 0.6 is 15.9 Å². The average Bonchev–Trinajstić information content (AvgIpc) is 2.97. The number of likely N-dealkylation sites (tertiary alicyclic amines) is 1. The first-order valence-electron chi connectivity index (χ1n) is 9.17. The zero-order chi connectivity index (χ0) is 20.1. The van der Waals surface area contributed by atoms with E-state index in [1.807, 2.05) is 0 Å². The molecule has 0 bridgehead atoms. The number of rotatable bonds is 5. The number of hydrogen-bond donors (Lipinski definition) is 1. The van der Waals surface area contributed by atoms with Crippen LogP contribution in [-0.2, 0) is 10.0 Å². The van der Waals surface area contributed by atoms with Crippen molar-refractivity contribution in [2.45, 2.75) is 30.6 Å². The van der Waals surface area contributed by atoms with Crippen LogP contribution in [0, 0.1) is 0 Å². The average molecular weight is 467 g/mol. The summed E-state index contributed by atoms with van der Waals surface area (Å²) in [5, 5.41) is 0. The maximum atomic E-state index is 13.0. The molecule has 0 atom stereocenters. The fourth-order valence-electron chi connectivity index (χ4n) is 3.26. The lowest BCUT2D eigenvalue weighted by Gasteiger charge is -2.22. The van der Waals surface area contributed by atoms with Crippen LogP contribution in [0.1, 0.15) is 36.0 Å². The molecule has 1 fully saturated rings. The van der Waals surface area contributed by atoms with E-state index in [1.165, 1.54) is 13.2 Å². The standard InChI is InChI=1S/C20H23BrN2O4S/c1-27-18-11-10-15(21)14-19(18)28(25,26)22-17-9-5-4-8-16(17)20(24)23-12-6-2-3-7-13-23/h4-5,8-11,14,22H,2-3,6-7,12-13H2,1H3. The zero-order valence-electron chi connectivity index (χ0n) is 15.7. The van der Waals surface area contributed by atoms with E-state index in [0.29, 0.717) is 23.1 Å². The first kappa shape index (κ1) is 20.7. The molecule has 1 aliphatic rings. The summed E-state index contributed by atoms with van der Waals surface area (Å²) in [5.74, 6) is 0.0773. The summed E-state index contributed by atoms with van der Waals surface area (Å²) in [6, 6.07) is 11.5. The molecule has 2 aromatic rings. The number of para-hydroxylation sites is 1. The van der Waals surface area contributed by atoms with Crippen LogP contribution in [-0.4, -0.2) is 39.4 Å². The number of halogens is 1. The molecule has 28 heavy (non-hydrogen) atoms. The Morgan fingerprint density at radius 2 is 1.75 bits per heavy atom. The summed E-state index contributed by atoms with van der Waals surface area (Å²) in [7, 11) is -2.53. The van der Waals surface area contributed by atoms with Gasteiger partial charge in [0.15, 0.2) is 0 Å². The molecule has 0 aromatic heterocycles. The molecule has 0 spiro atoms. The van der Waals surface area contributed by atoms with Crippen molar-refractivity contribution in [2.24, 2.45) is 0 Å². The van der Waals surface area contributed by atoms with E-state index in [0.717, 1.165) is 25.7 Å². The minimum atomic E-state index is -3.95. The topological polar surface area (TPSA) is 75.7 Å². The number of anilines is 1. The zero-order valence-corrected chi connectivity index (χ0v) is 18.1. The number of carbonyl (C=O) groups is 1. The van der Waals surface area contributed by atoms with E-state index in [9.17, 15) is 13.2 Å². The van der Waals surface area contributed by atoms with Crippen LogP contribution in [0.4, 0.5) is 5.69 Å². The summed E-state index contributed by atoms with van der Waals surface area (Å²) >= 11 is 3.29. The predicted octanol–water partition coefficient (Wildman–Crippen LogP) is 4.27. The van der Waals surface area contributed by atoms with Gasteiger partial charge in [-0.25, -0.2) is 8.42 Å². The lowest BCUT2D eigenvalue weighted by Crippen LogP contribution is -2.32. The second-order valence-electron chi connectivity index (χ2n) is 6.65. The summed E-state index contributed by atoms with van der Waals surface area (Å²) in [4.78, 5) is 14.8. The van der Waals surface area contributed by atoms with Crippen LogP contribution in [0.3, 0.4) is 0 Å². The lowest BCUT2D eigenvalue weighted by atomic mass is 10.1. The maximum Gasteiger partial charge on any atom is 0.265 e. The highest BCUT2D eigenvalue weighted by atomic mass is 79.9. The molecular weight excluding hydrogens is 444 g/mol. The third-order valence-corrected chi connectivity index (χ3v) is 6.59. The molecule has 1 N–H and O–H groups in total. The van der Waals surface area contributed by atoms with Crippen molar-refractivity contribution in [3.63, 3.8) is 0 Å². The monoisotopic (exact) mass is 466 g/mol. The highest BCUT2D eigenvalue weighted by Gasteiger charge is 2.25. The van der Waals surface area contributed by atoms with Gasteiger partial charge in [0, 0.05) is 17.6 Å². The van der Waals surface area contributed by atoms with E-state index in [-0.39, 0.29) is 22.2 Å². The summed E-state index contributed by atoms with van der Waals surface area (Å²) in [6.45, 7) is 1.39. The van der Waals surface area contributed by atoms with Gasteiger partial charge >= 0.3 is 0 Å². The van der Waals surface area contributed by atoms with Gasteiger partial charge in [0.2, 0.25) is 0 Å². The Morgan fingerprint density at radius 1 is 1.07 bits per heavy atom. The van der Waals surface area contributed by atoms with E-state index in [4.69, 9.17) is 4.74 Å². The first-order valence-corrected chi connectivity index (χ1v) is 11.4. The lowest BCUT2D eigenvalue weighted by molar-refractivity contribution is 0.0762. The molecule has 6 nitrogen and oxygen atoms in total. The SMILES string of the molecule is COc1ccc(Br)cc1S(=O)(=O)Nc1ccccc1C(=O)N1CCCCCC1. The van der Waals surface area contributed by atoms with Gasteiger partial charge in [-0.3, -0.25) is 9.52 Å². The Bertz CT molecular complexity index is 954. The van der Waals surface area contributed by atoms with E-state index < -0.39 is 10.0 Å². The van der Waals surface area contributed by atoms with Crippen molar-refractivity contribution in [1.29, 1.82) is 0 Å². The third kappa shape index (κ3) is 4.67. The number of hydrogen-bond acceptors (Lipinski definition) is 4. The Morgan fingerprint density at radius 3 is 2.43 bits per heavy atom. The number of sulfonamides is 1. The number of methoxy groups -OCH3 is 1. The van der Waals surface area contributed by atoms with Gasteiger partial charge in [0.1, 0.15) is 10.6 Å². The van der Waals surface area contributed by atoms with Crippen LogP contribution in [0.15, 0.2) is 51.8 Å². The Balaban J connectivity index is 1.93. The number of nitrogens with zero attached hydrogens (tertiary/aromatic N) is 1. The Labute approximate surface area is 174 Å². The molecule has 1 saturated heterocycles. The molecule has 0 aliphatic carbocycles. The summed E-state index contributed by atoms with van der Waals surface area (Å²) < 4.78 is 34.4. The summed E-state index contributed by atoms with van der Waals surface area (Å²) in [6.07, 6.45) is 4.16. The predicted molar refractivity (Wildman–Crippen MR) is 112 cm³/mol. The minimum Gasteiger partial charge on any atom is -0.495 e. The van der Waals surface area contributed by atoms with E-state index >= 15 is 0 Å². The van der Waals surface area contributed by atoms with Crippen molar-refractivity contribution in [2.75, 3.05) is 24.9 Å². The number of carbonyl (C=O) groups excluding carboxylic acids is 1. The van der Waals surface area contributed by atoms with E-state index in [2.05, 4.69) is 20.7 Å². The number of amides is 1. The molecular formula is C20H23BrN2O4S. The van der Waals surface area contributed by atoms with E-state index in [1.54, 1.807) is 41.3 Å². The number of nitrogens with one attached hydrogen (secondary N) is 1. The van der Waals surface area contributed by atoms with Gasteiger partial charge in [-0.15, -0.1) is 0 Å². The molecule has 1 aliphatic heterocycles. The summed E-state index contributed by atoms with van der Waals surface area (Å²) in [5.41, 5.74) is 0.612. The van der Waals surface area contributed by atoms with Crippen LogP contribution in [0.25, 0.3) is 0 Å². The van der Waals surface area contributed by atoms with Crippen molar-refractivity contribution >= 4 is 37.5 Å². The van der Waals surface area contributed by atoms with Crippen molar-refractivity contribution in [1.82, 2.24) is 4.90 Å². The molecule has 1 heterocycles. The fraction of sp³-hybridized carbons (Fsp3) is 0.350. The maximum absolute atomic E-state index is 13.0. The van der Waals surface area contributed by atoms with Gasteiger partial charge in [0.25, 0.3) is 15.9 Å². The number of ether oxygens (including phenoxy) is 1. The Kier molecular flexibility index (Phi) is 6.61. The van der Waals surface area contributed by atoms with Gasteiger partial charge in [-0.05, 0) is 43.2 Å². The number of benzene rings is 2. The molecule has 1 amide bonds. The molecule has 2 aromatic carbocycles. The highest BCUT2D eigenvalue weighted by molar-refractivity contribution is 9.10. The molecule has 0 unspecified atom stereocenters. The van der Waals surface area contributed by atoms with Crippen molar-refractivity contribution < 1.29 is 17.9 Å². The second kappa shape index (κ2) is 8.96. The van der Waals surface area contributed by atoms with Gasteiger partial charge < -0.3 is 9.64 Å². The molecule has 3 rings (SSSR count). The quantitative estimate of drug-likeness (QED) is 0.713. The molecule has 8 heteroatoms.